The van der Waals surface area contributed by atoms with Crippen LogP contribution in [0.4, 0.5) is 4.79 Å². The molecule has 23 heavy (non-hydrogen) atoms. The van der Waals surface area contributed by atoms with Crippen molar-refractivity contribution in [3.8, 4) is 0 Å². The van der Waals surface area contributed by atoms with Crippen LogP contribution in [-0.2, 0) is 9.53 Å². The van der Waals surface area contributed by atoms with E-state index in [2.05, 4.69) is 22.5 Å². The van der Waals surface area contributed by atoms with E-state index in [0.717, 1.165) is 19.3 Å². The Kier molecular flexibility index (Phi) is 6.08. The van der Waals surface area contributed by atoms with E-state index in [-0.39, 0.29) is 11.6 Å². The van der Waals surface area contributed by atoms with Crippen molar-refractivity contribution < 1.29 is 19.1 Å². The average molecular weight is 319 g/mol. The minimum atomic E-state index is -0.664. The minimum absolute atomic E-state index is 0.0782. The van der Waals surface area contributed by atoms with E-state index in [4.69, 9.17) is 4.74 Å². The van der Waals surface area contributed by atoms with Crippen LogP contribution >= 0.6 is 0 Å². The van der Waals surface area contributed by atoms with Gasteiger partial charge in [-0.1, -0.05) is 19.8 Å². The Morgan fingerprint density at radius 1 is 1.30 bits per heavy atom. The van der Waals surface area contributed by atoms with Crippen LogP contribution in [0, 0.1) is 5.92 Å². The summed E-state index contributed by atoms with van der Waals surface area (Å²) in [6.07, 6.45) is 7.11. The van der Waals surface area contributed by atoms with E-state index < -0.39 is 24.5 Å². The van der Waals surface area contributed by atoms with Crippen molar-refractivity contribution >= 4 is 17.9 Å². The fourth-order valence-electron chi connectivity index (χ4n) is 2.60. The van der Waals surface area contributed by atoms with Crippen molar-refractivity contribution in [3.05, 3.63) is 30.1 Å². The summed E-state index contributed by atoms with van der Waals surface area (Å²) in [5, 5.41) is 4.97. The lowest BCUT2D eigenvalue weighted by molar-refractivity contribution is -0.123. The zero-order chi connectivity index (χ0) is 16.7. The maximum atomic E-state index is 11.8. The van der Waals surface area contributed by atoms with Crippen LogP contribution in [-0.4, -0.2) is 35.5 Å². The molecule has 0 radical (unpaired) electrons. The highest BCUT2D eigenvalue weighted by molar-refractivity contribution is 5.97. The molecule has 0 unspecified atom stereocenters. The van der Waals surface area contributed by atoms with Gasteiger partial charge in [0.25, 0.3) is 5.91 Å². The molecule has 0 aliphatic heterocycles. The van der Waals surface area contributed by atoms with Gasteiger partial charge in [-0.3, -0.25) is 15.1 Å². The van der Waals surface area contributed by atoms with Crippen LogP contribution in [0.15, 0.2) is 24.5 Å². The van der Waals surface area contributed by atoms with Crippen molar-refractivity contribution in [2.45, 2.75) is 38.6 Å². The van der Waals surface area contributed by atoms with Crippen LogP contribution in [0.5, 0.6) is 0 Å². The Morgan fingerprint density at radius 3 is 2.78 bits per heavy atom. The molecule has 0 aromatic carbocycles. The number of hydrogen-bond acceptors (Lipinski definition) is 5. The molecule has 1 heterocycles. The second kappa shape index (κ2) is 8.26. The van der Waals surface area contributed by atoms with Gasteiger partial charge in [0.15, 0.2) is 6.61 Å². The van der Waals surface area contributed by atoms with E-state index in [9.17, 15) is 14.4 Å². The number of carbonyl (C=O) groups excluding carboxylic acids is 3. The molecule has 1 aromatic rings. The maximum Gasteiger partial charge on any atom is 0.340 e. The Morgan fingerprint density at radius 2 is 2.09 bits per heavy atom. The smallest absolute Gasteiger partial charge is 0.340 e. The van der Waals surface area contributed by atoms with Gasteiger partial charge in [-0.15, -0.1) is 0 Å². The molecule has 0 spiro atoms. The van der Waals surface area contributed by atoms with Crippen LogP contribution in [0.25, 0.3) is 0 Å². The molecule has 3 amide bonds. The first-order valence-corrected chi connectivity index (χ1v) is 7.73. The van der Waals surface area contributed by atoms with Gasteiger partial charge in [-0.05, 0) is 30.9 Å². The zero-order valence-corrected chi connectivity index (χ0v) is 13.1. The molecular weight excluding hydrogens is 298 g/mol. The molecule has 7 nitrogen and oxygen atoms in total. The number of pyridine rings is 1. The van der Waals surface area contributed by atoms with Crippen LogP contribution in [0.3, 0.4) is 0 Å². The number of esters is 1. The topological polar surface area (TPSA) is 97.4 Å². The van der Waals surface area contributed by atoms with Crippen LogP contribution in [0.1, 0.15) is 43.0 Å². The highest BCUT2D eigenvalue weighted by atomic mass is 16.5. The minimum Gasteiger partial charge on any atom is -0.452 e. The molecule has 1 aliphatic carbocycles. The van der Waals surface area contributed by atoms with Crippen molar-refractivity contribution in [1.82, 2.24) is 15.6 Å². The van der Waals surface area contributed by atoms with Crippen molar-refractivity contribution in [3.63, 3.8) is 0 Å². The van der Waals surface area contributed by atoms with Gasteiger partial charge in [0, 0.05) is 18.4 Å². The standard InChI is InChI=1S/C16H21N3O4/c1-11-5-2-3-7-13(11)18-16(22)19-14(20)10-23-15(21)12-6-4-8-17-9-12/h4,6,8-9,11,13H,2-3,5,7,10H2,1H3,(H2,18,19,20,22)/t11-,13-/m1/s1. The third kappa shape index (κ3) is 5.36. The SMILES string of the molecule is C[C@@H]1CCCC[C@H]1NC(=O)NC(=O)COC(=O)c1cccnc1. The Bertz CT molecular complexity index is 562. The summed E-state index contributed by atoms with van der Waals surface area (Å²) in [6.45, 7) is 1.57. The fraction of sp³-hybridized carbons (Fsp3) is 0.500. The summed E-state index contributed by atoms with van der Waals surface area (Å²) in [6, 6.07) is 2.65. The van der Waals surface area contributed by atoms with Crippen LogP contribution < -0.4 is 10.6 Å². The van der Waals surface area contributed by atoms with Crippen molar-refractivity contribution in [2.24, 2.45) is 5.92 Å². The van der Waals surface area contributed by atoms with Crippen LogP contribution in [0.2, 0.25) is 0 Å². The third-order valence-corrected chi connectivity index (χ3v) is 3.91. The van der Waals surface area contributed by atoms with Gasteiger partial charge in [-0.25, -0.2) is 9.59 Å². The molecule has 0 saturated heterocycles. The highest BCUT2D eigenvalue weighted by Gasteiger charge is 2.23. The molecule has 0 bridgehead atoms. The predicted octanol–water partition coefficient (Wildman–Crippen LogP) is 1.64. The van der Waals surface area contributed by atoms with Gasteiger partial charge in [0.2, 0.25) is 0 Å². The van der Waals surface area contributed by atoms with E-state index in [1.165, 1.54) is 24.9 Å². The molecule has 2 atom stereocenters. The van der Waals surface area contributed by atoms with Crippen molar-refractivity contribution in [1.29, 1.82) is 0 Å². The summed E-state index contributed by atoms with van der Waals surface area (Å²) in [5.41, 5.74) is 0.251. The first-order chi connectivity index (χ1) is 11.1. The number of nitrogens with one attached hydrogen (secondary N) is 2. The summed E-state index contributed by atoms with van der Waals surface area (Å²) in [4.78, 5) is 38.9. The normalized spacial score (nSPS) is 20.4. The highest BCUT2D eigenvalue weighted by Crippen LogP contribution is 2.23. The van der Waals surface area contributed by atoms with Gasteiger partial charge >= 0.3 is 12.0 Å². The fourth-order valence-corrected chi connectivity index (χ4v) is 2.60. The first kappa shape index (κ1) is 16.9. The quantitative estimate of drug-likeness (QED) is 0.822. The van der Waals surface area contributed by atoms with Crippen molar-refractivity contribution in [2.75, 3.05) is 6.61 Å². The van der Waals surface area contributed by atoms with E-state index in [1.807, 2.05) is 0 Å². The number of carbonyl (C=O) groups is 3. The van der Waals surface area contributed by atoms with Gasteiger partial charge in [0.05, 0.1) is 5.56 Å². The zero-order valence-electron chi connectivity index (χ0n) is 13.1. The number of rotatable bonds is 4. The molecular formula is C16H21N3O4. The summed E-state index contributed by atoms with van der Waals surface area (Å²) in [5.74, 6) is -0.925. The summed E-state index contributed by atoms with van der Waals surface area (Å²) in [7, 11) is 0. The van der Waals surface area contributed by atoms with Gasteiger partial charge in [-0.2, -0.15) is 0 Å². The Labute approximate surface area is 134 Å². The maximum absolute atomic E-state index is 11.8. The Hall–Kier alpha value is -2.44. The molecule has 7 heteroatoms. The number of ether oxygens (including phenoxy) is 1. The number of imide groups is 1. The molecule has 2 rings (SSSR count). The van der Waals surface area contributed by atoms with Gasteiger partial charge < -0.3 is 10.1 Å². The molecule has 124 valence electrons. The number of urea groups is 1. The van der Waals surface area contributed by atoms with E-state index >= 15 is 0 Å². The molecule has 1 aliphatic rings. The number of aromatic nitrogens is 1. The second-order valence-electron chi connectivity index (χ2n) is 5.71. The monoisotopic (exact) mass is 319 g/mol. The summed E-state index contributed by atoms with van der Waals surface area (Å²) >= 11 is 0. The van der Waals surface area contributed by atoms with E-state index in [0.29, 0.717) is 5.92 Å². The average Bonchev–Trinajstić information content (AvgIpc) is 2.55. The number of nitrogens with zero attached hydrogens (tertiary/aromatic N) is 1. The summed E-state index contributed by atoms with van der Waals surface area (Å²) < 4.78 is 4.83. The van der Waals surface area contributed by atoms with Gasteiger partial charge in [0.1, 0.15) is 0 Å². The van der Waals surface area contributed by atoms with E-state index in [1.54, 1.807) is 6.07 Å². The molecule has 1 saturated carbocycles. The number of hydrogen-bond donors (Lipinski definition) is 2. The number of amides is 3. The first-order valence-electron chi connectivity index (χ1n) is 7.73. The lowest BCUT2D eigenvalue weighted by atomic mass is 9.86. The predicted molar refractivity (Wildman–Crippen MR) is 82.6 cm³/mol. The largest absolute Gasteiger partial charge is 0.452 e. The lowest BCUT2D eigenvalue weighted by Gasteiger charge is -2.29. The molecule has 1 fully saturated rings. The lowest BCUT2D eigenvalue weighted by Crippen LogP contribution is -2.48. The molecule has 1 aromatic heterocycles. The second-order valence-corrected chi connectivity index (χ2v) is 5.71. The third-order valence-electron chi connectivity index (χ3n) is 3.91. The molecule has 2 N–H and O–H groups in total. The Balaban J connectivity index is 1.71.